The molecule has 0 atom stereocenters. The number of anilines is 1. The number of halogens is 1. The number of rotatable bonds is 5. The molecule has 4 nitrogen and oxygen atoms in total. The Morgan fingerprint density at radius 3 is 2.84 bits per heavy atom. The number of hydrogen-bond donors (Lipinski definition) is 2. The number of benzene rings is 1. The third kappa shape index (κ3) is 3.43. The summed E-state index contributed by atoms with van der Waals surface area (Å²) in [6.07, 6.45) is 2.69. The second-order valence-corrected chi connectivity index (χ2v) is 4.64. The Kier molecular flexibility index (Phi) is 4.71. The lowest BCUT2D eigenvalue weighted by molar-refractivity contribution is 0.872. The lowest BCUT2D eigenvalue weighted by Crippen LogP contribution is -2.10. The molecule has 0 saturated carbocycles. The summed E-state index contributed by atoms with van der Waals surface area (Å²) >= 11 is 6.24. The Morgan fingerprint density at radius 2 is 2.11 bits per heavy atom. The monoisotopic (exact) mass is 276 g/mol. The van der Waals surface area contributed by atoms with E-state index >= 15 is 0 Å². The van der Waals surface area contributed by atoms with Gasteiger partial charge in [-0.2, -0.15) is 0 Å². The van der Waals surface area contributed by atoms with Crippen LogP contribution >= 0.6 is 11.6 Å². The lowest BCUT2D eigenvalue weighted by Gasteiger charge is -2.12. The molecule has 19 heavy (non-hydrogen) atoms. The van der Waals surface area contributed by atoms with E-state index in [2.05, 4.69) is 15.3 Å². The third-order valence-corrected chi connectivity index (χ3v) is 3.06. The first-order valence-electron chi connectivity index (χ1n) is 6.25. The van der Waals surface area contributed by atoms with Crippen LogP contribution in [0.4, 0.5) is 5.69 Å². The van der Waals surface area contributed by atoms with Crippen LogP contribution in [0, 0.1) is 6.92 Å². The summed E-state index contributed by atoms with van der Waals surface area (Å²) < 4.78 is 0. The molecule has 100 valence electrons. The molecule has 0 spiro atoms. The van der Waals surface area contributed by atoms with Gasteiger partial charge in [0.15, 0.2) is 0 Å². The van der Waals surface area contributed by atoms with Gasteiger partial charge in [0.05, 0.1) is 22.6 Å². The summed E-state index contributed by atoms with van der Waals surface area (Å²) in [6, 6.07) is 7.67. The lowest BCUT2D eigenvalue weighted by atomic mass is 10.1. The summed E-state index contributed by atoms with van der Waals surface area (Å²) in [5.41, 5.74) is 8.12. The quantitative estimate of drug-likeness (QED) is 0.824. The average Bonchev–Trinajstić information content (AvgIpc) is 2.41. The number of nitrogens with two attached hydrogens (primary N) is 1. The Labute approximate surface area is 118 Å². The summed E-state index contributed by atoms with van der Waals surface area (Å²) in [4.78, 5) is 8.72. The summed E-state index contributed by atoms with van der Waals surface area (Å²) in [5, 5.41) is 3.99. The van der Waals surface area contributed by atoms with Crippen molar-refractivity contribution in [2.75, 3.05) is 18.4 Å². The molecule has 0 radical (unpaired) electrons. The number of nitrogens with one attached hydrogen (secondary N) is 1. The van der Waals surface area contributed by atoms with Crippen LogP contribution in [0.25, 0.3) is 11.3 Å². The van der Waals surface area contributed by atoms with E-state index in [9.17, 15) is 0 Å². The average molecular weight is 277 g/mol. The topological polar surface area (TPSA) is 63.8 Å². The van der Waals surface area contributed by atoms with Crippen molar-refractivity contribution in [3.05, 3.63) is 41.3 Å². The molecule has 2 rings (SSSR count). The minimum absolute atomic E-state index is 0.654. The molecule has 1 heterocycles. The molecule has 0 aliphatic rings. The molecule has 0 unspecified atom stereocenters. The van der Waals surface area contributed by atoms with Gasteiger partial charge >= 0.3 is 0 Å². The normalized spacial score (nSPS) is 10.5. The van der Waals surface area contributed by atoms with Gasteiger partial charge in [0.25, 0.3) is 0 Å². The molecule has 2 aromatic rings. The standard InChI is InChI=1S/C14H17ClN4/c1-10-18-9-13(17-8-4-7-16)14(19-10)11-5-2-3-6-12(11)15/h2-3,5-6,9,17H,4,7-8,16H2,1H3. The molecule has 3 N–H and O–H groups in total. The van der Waals surface area contributed by atoms with Crippen molar-refractivity contribution in [3.63, 3.8) is 0 Å². The molecule has 0 fully saturated rings. The van der Waals surface area contributed by atoms with Crippen molar-refractivity contribution >= 4 is 17.3 Å². The highest BCUT2D eigenvalue weighted by Crippen LogP contribution is 2.31. The van der Waals surface area contributed by atoms with Crippen LogP contribution in [-0.2, 0) is 0 Å². The maximum Gasteiger partial charge on any atom is 0.126 e. The fourth-order valence-electron chi connectivity index (χ4n) is 1.78. The van der Waals surface area contributed by atoms with E-state index < -0.39 is 0 Å². The SMILES string of the molecule is Cc1ncc(NCCCN)c(-c2ccccc2Cl)n1. The first-order valence-corrected chi connectivity index (χ1v) is 6.62. The van der Waals surface area contributed by atoms with E-state index in [4.69, 9.17) is 17.3 Å². The molecule has 1 aromatic carbocycles. The van der Waals surface area contributed by atoms with Crippen molar-refractivity contribution in [2.24, 2.45) is 5.73 Å². The number of aryl methyl sites for hydroxylation is 1. The summed E-state index contributed by atoms with van der Waals surface area (Å²) in [7, 11) is 0. The van der Waals surface area contributed by atoms with Crippen LogP contribution in [0.15, 0.2) is 30.5 Å². The van der Waals surface area contributed by atoms with Crippen molar-refractivity contribution in [3.8, 4) is 11.3 Å². The highest BCUT2D eigenvalue weighted by molar-refractivity contribution is 6.33. The highest BCUT2D eigenvalue weighted by Gasteiger charge is 2.10. The van der Waals surface area contributed by atoms with Crippen molar-refractivity contribution in [2.45, 2.75) is 13.3 Å². The van der Waals surface area contributed by atoms with Crippen LogP contribution in [0.1, 0.15) is 12.2 Å². The molecule has 0 amide bonds. The first-order chi connectivity index (χ1) is 9.22. The van der Waals surface area contributed by atoms with E-state index in [1.807, 2.05) is 31.2 Å². The zero-order valence-corrected chi connectivity index (χ0v) is 11.6. The van der Waals surface area contributed by atoms with Gasteiger partial charge in [-0.15, -0.1) is 0 Å². The zero-order chi connectivity index (χ0) is 13.7. The molecule has 0 aliphatic carbocycles. The van der Waals surface area contributed by atoms with Gasteiger partial charge in [-0.3, -0.25) is 0 Å². The summed E-state index contributed by atoms with van der Waals surface area (Å²) in [5.74, 6) is 0.722. The molecular formula is C14H17ClN4. The third-order valence-electron chi connectivity index (χ3n) is 2.73. The maximum absolute atomic E-state index is 6.24. The number of hydrogen-bond acceptors (Lipinski definition) is 4. The van der Waals surface area contributed by atoms with Gasteiger partial charge in [-0.25, -0.2) is 9.97 Å². The minimum Gasteiger partial charge on any atom is -0.382 e. The minimum atomic E-state index is 0.654. The van der Waals surface area contributed by atoms with Gasteiger partial charge in [-0.05, 0) is 26.0 Å². The smallest absolute Gasteiger partial charge is 0.126 e. The number of aromatic nitrogens is 2. The van der Waals surface area contributed by atoms with Crippen LogP contribution in [0.3, 0.4) is 0 Å². The first kappa shape index (κ1) is 13.8. The van der Waals surface area contributed by atoms with Gasteiger partial charge in [0.2, 0.25) is 0 Å². The molecule has 0 aliphatic heterocycles. The van der Waals surface area contributed by atoms with Crippen LogP contribution in [0.5, 0.6) is 0 Å². The fourth-order valence-corrected chi connectivity index (χ4v) is 2.01. The van der Waals surface area contributed by atoms with Crippen LogP contribution in [0.2, 0.25) is 5.02 Å². The molecule has 5 heteroatoms. The molecule has 0 bridgehead atoms. The Morgan fingerprint density at radius 1 is 1.32 bits per heavy atom. The van der Waals surface area contributed by atoms with E-state index in [0.717, 1.165) is 35.7 Å². The van der Waals surface area contributed by atoms with Crippen molar-refractivity contribution in [1.82, 2.24) is 9.97 Å². The Bertz CT molecular complexity index is 557. The second-order valence-electron chi connectivity index (χ2n) is 4.23. The predicted molar refractivity (Wildman–Crippen MR) is 79.4 cm³/mol. The van der Waals surface area contributed by atoms with Gasteiger partial charge < -0.3 is 11.1 Å². The Balaban J connectivity index is 2.37. The fraction of sp³-hybridized carbons (Fsp3) is 0.286. The van der Waals surface area contributed by atoms with E-state index in [1.54, 1.807) is 6.20 Å². The van der Waals surface area contributed by atoms with E-state index in [1.165, 1.54) is 0 Å². The predicted octanol–water partition coefficient (Wildman–Crippen LogP) is 2.87. The summed E-state index contributed by atoms with van der Waals surface area (Å²) in [6.45, 7) is 3.31. The van der Waals surface area contributed by atoms with E-state index in [0.29, 0.717) is 11.6 Å². The van der Waals surface area contributed by atoms with Gasteiger partial charge in [0.1, 0.15) is 5.82 Å². The maximum atomic E-state index is 6.24. The van der Waals surface area contributed by atoms with Crippen molar-refractivity contribution < 1.29 is 0 Å². The molecule has 0 saturated heterocycles. The van der Waals surface area contributed by atoms with Gasteiger partial charge in [0, 0.05) is 12.1 Å². The van der Waals surface area contributed by atoms with Gasteiger partial charge in [-0.1, -0.05) is 29.8 Å². The second kappa shape index (κ2) is 6.50. The van der Waals surface area contributed by atoms with Crippen LogP contribution < -0.4 is 11.1 Å². The van der Waals surface area contributed by atoms with E-state index in [-0.39, 0.29) is 0 Å². The molecular weight excluding hydrogens is 260 g/mol. The largest absolute Gasteiger partial charge is 0.382 e. The number of nitrogens with zero attached hydrogens (tertiary/aromatic N) is 2. The highest BCUT2D eigenvalue weighted by atomic mass is 35.5. The van der Waals surface area contributed by atoms with Crippen molar-refractivity contribution in [1.29, 1.82) is 0 Å². The zero-order valence-electron chi connectivity index (χ0n) is 10.9. The molecule has 1 aromatic heterocycles. The van der Waals surface area contributed by atoms with Crippen LogP contribution in [-0.4, -0.2) is 23.1 Å². The Hall–Kier alpha value is -1.65.